The summed E-state index contributed by atoms with van der Waals surface area (Å²) in [7, 11) is 1.13. The molecular formula is C13H23NO5. The smallest absolute Gasteiger partial charge is 0.408 e. The maximum Gasteiger partial charge on any atom is 0.408 e. The molecule has 0 unspecified atom stereocenters. The first-order valence-electron chi connectivity index (χ1n) is 6.24. The number of methoxy groups -OCH3 is 1. The summed E-state index contributed by atoms with van der Waals surface area (Å²) < 4.78 is 9.46. The first kappa shape index (κ1) is 17.4. The average Bonchev–Trinajstić information content (AvgIpc) is 2.30. The third-order valence-electron chi connectivity index (χ3n) is 2.55. The van der Waals surface area contributed by atoms with Crippen LogP contribution in [0.5, 0.6) is 0 Å². The molecule has 0 rings (SSSR count). The molecule has 0 spiro atoms. The standard InChI is InChI=1S/C13H23NO5/c1-7-8(2)9(10(15)11(16)18-6)14-12(17)19-13(3,4)5/h8-9H,7H2,1-6H3,(H,14,17)/t8-,9+/m1/s1. The Labute approximate surface area is 113 Å². The van der Waals surface area contributed by atoms with E-state index in [1.165, 1.54) is 0 Å². The zero-order valence-electron chi connectivity index (χ0n) is 12.4. The molecule has 0 fully saturated rings. The first-order chi connectivity index (χ1) is 8.62. The van der Waals surface area contributed by atoms with E-state index in [0.29, 0.717) is 6.42 Å². The van der Waals surface area contributed by atoms with E-state index in [2.05, 4.69) is 10.1 Å². The number of amides is 1. The van der Waals surface area contributed by atoms with Gasteiger partial charge in [0.2, 0.25) is 0 Å². The molecule has 0 aliphatic rings. The summed E-state index contributed by atoms with van der Waals surface area (Å²) >= 11 is 0. The number of nitrogens with one attached hydrogen (secondary N) is 1. The Bertz CT molecular complexity index is 345. The molecule has 0 bridgehead atoms. The second-order valence-corrected chi connectivity index (χ2v) is 5.37. The minimum Gasteiger partial charge on any atom is -0.463 e. The van der Waals surface area contributed by atoms with Crippen LogP contribution in [0.2, 0.25) is 0 Å². The number of alkyl carbamates (subject to hydrolysis) is 1. The molecule has 0 aliphatic heterocycles. The molecule has 19 heavy (non-hydrogen) atoms. The quantitative estimate of drug-likeness (QED) is 0.608. The van der Waals surface area contributed by atoms with Crippen LogP contribution >= 0.6 is 0 Å². The summed E-state index contributed by atoms with van der Waals surface area (Å²) in [5.74, 6) is -1.94. The van der Waals surface area contributed by atoms with Gasteiger partial charge in [-0.3, -0.25) is 4.79 Å². The molecule has 6 heteroatoms. The van der Waals surface area contributed by atoms with E-state index < -0.39 is 29.5 Å². The molecular weight excluding hydrogens is 250 g/mol. The zero-order chi connectivity index (χ0) is 15.2. The van der Waals surface area contributed by atoms with E-state index in [1.54, 1.807) is 27.7 Å². The molecule has 6 nitrogen and oxygen atoms in total. The fourth-order valence-electron chi connectivity index (χ4n) is 1.36. The highest BCUT2D eigenvalue weighted by Gasteiger charge is 2.32. The average molecular weight is 273 g/mol. The molecule has 0 aromatic rings. The lowest BCUT2D eigenvalue weighted by Gasteiger charge is -2.25. The highest BCUT2D eigenvalue weighted by molar-refractivity contribution is 6.36. The first-order valence-corrected chi connectivity index (χ1v) is 6.24. The van der Waals surface area contributed by atoms with E-state index in [9.17, 15) is 14.4 Å². The number of ketones is 1. The minimum atomic E-state index is -0.971. The molecule has 0 heterocycles. The van der Waals surface area contributed by atoms with Gasteiger partial charge in [0.1, 0.15) is 11.6 Å². The lowest BCUT2D eigenvalue weighted by atomic mass is 9.95. The summed E-state index contributed by atoms with van der Waals surface area (Å²) in [6, 6.07) is -0.938. The van der Waals surface area contributed by atoms with Gasteiger partial charge in [0.25, 0.3) is 5.78 Å². The van der Waals surface area contributed by atoms with Gasteiger partial charge in [-0.05, 0) is 26.7 Å². The van der Waals surface area contributed by atoms with Gasteiger partial charge in [0.15, 0.2) is 0 Å². The maximum absolute atomic E-state index is 11.8. The third-order valence-corrected chi connectivity index (χ3v) is 2.55. The Morgan fingerprint density at radius 2 is 1.74 bits per heavy atom. The molecule has 0 aromatic heterocycles. The van der Waals surface area contributed by atoms with Crippen LogP contribution in [0.4, 0.5) is 4.79 Å². The predicted octanol–water partition coefficient (Wildman–Crippen LogP) is 1.67. The normalized spacial score (nSPS) is 14.2. The van der Waals surface area contributed by atoms with Gasteiger partial charge in [0.05, 0.1) is 7.11 Å². The number of carbonyl (C=O) groups excluding carboxylic acids is 3. The van der Waals surface area contributed by atoms with E-state index in [4.69, 9.17) is 4.74 Å². The molecule has 0 saturated carbocycles. The van der Waals surface area contributed by atoms with Gasteiger partial charge >= 0.3 is 12.1 Å². The second-order valence-electron chi connectivity index (χ2n) is 5.37. The number of carbonyl (C=O) groups is 3. The van der Waals surface area contributed by atoms with Crippen molar-refractivity contribution in [3.05, 3.63) is 0 Å². The molecule has 0 aliphatic carbocycles. The zero-order valence-corrected chi connectivity index (χ0v) is 12.4. The van der Waals surface area contributed by atoms with Gasteiger partial charge in [-0.25, -0.2) is 9.59 Å². The summed E-state index contributed by atoms with van der Waals surface area (Å²) in [5, 5.41) is 2.43. The summed E-state index contributed by atoms with van der Waals surface area (Å²) in [6.07, 6.45) is -0.0986. The van der Waals surface area contributed by atoms with Crippen molar-refractivity contribution in [1.82, 2.24) is 5.32 Å². The molecule has 0 radical (unpaired) electrons. The van der Waals surface area contributed by atoms with Crippen molar-refractivity contribution in [1.29, 1.82) is 0 Å². The maximum atomic E-state index is 11.8. The predicted molar refractivity (Wildman–Crippen MR) is 69.6 cm³/mol. The monoisotopic (exact) mass is 273 g/mol. The van der Waals surface area contributed by atoms with Crippen molar-refractivity contribution < 1.29 is 23.9 Å². The topological polar surface area (TPSA) is 81.7 Å². The lowest BCUT2D eigenvalue weighted by molar-refractivity contribution is -0.153. The molecule has 1 N–H and O–H groups in total. The van der Waals surface area contributed by atoms with Crippen LogP contribution < -0.4 is 5.32 Å². The largest absolute Gasteiger partial charge is 0.463 e. The number of hydrogen-bond donors (Lipinski definition) is 1. The Hall–Kier alpha value is -1.59. The Kier molecular flexibility index (Phi) is 6.52. The van der Waals surface area contributed by atoms with E-state index >= 15 is 0 Å². The van der Waals surface area contributed by atoms with Gasteiger partial charge in [-0.2, -0.15) is 0 Å². The van der Waals surface area contributed by atoms with Crippen LogP contribution in [0, 0.1) is 5.92 Å². The second kappa shape index (κ2) is 7.11. The van der Waals surface area contributed by atoms with Gasteiger partial charge in [0, 0.05) is 0 Å². The minimum absolute atomic E-state index is 0.195. The molecule has 2 atom stereocenters. The molecule has 1 amide bonds. The van der Waals surface area contributed by atoms with Crippen LogP contribution in [0.3, 0.4) is 0 Å². The van der Waals surface area contributed by atoms with E-state index in [-0.39, 0.29) is 5.92 Å². The van der Waals surface area contributed by atoms with Crippen LogP contribution in [0.1, 0.15) is 41.0 Å². The summed E-state index contributed by atoms with van der Waals surface area (Å²) in [6.45, 7) is 8.77. The highest BCUT2D eigenvalue weighted by Crippen LogP contribution is 2.12. The number of esters is 1. The van der Waals surface area contributed by atoms with Crippen molar-refractivity contribution in [3.8, 4) is 0 Å². The third kappa shape index (κ3) is 6.22. The molecule has 0 aromatic carbocycles. The van der Waals surface area contributed by atoms with E-state index in [1.807, 2.05) is 6.92 Å². The van der Waals surface area contributed by atoms with Crippen LogP contribution in [0.25, 0.3) is 0 Å². The van der Waals surface area contributed by atoms with Gasteiger partial charge in [-0.15, -0.1) is 0 Å². The van der Waals surface area contributed by atoms with Crippen molar-refractivity contribution in [2.45, 2.75) is 52.7 Å². The van der Waals surface area contributed by atoms with Crippen LogP contribution in [-0.4, -0.2) is 36.6 Å². The van der Waals surface area contributed by atoms with Crippen molar-refractivity contribution in [3.63, 3.8) is 0 Å². The summed E-state index contributed by atoms with van der Waals surface area (Å²) in [5.41, 5.74) is -0.668. The van der Waals surface area contributed by atoms with Crippen LogP contribution in [-0.2, 0) is 19.1 Å². The fourth-order valence-corrected chi connectivity index (χ4v) is 1.36. The molecule has 0 saturated heterocycles. The number of hydrogen-bond acceptors (Lipinski definition) is 5. The number of rotatable bonds is 5. The van der Waals surface area contributed by atoms with Crippen molar-refractivity contribution >= 4 is 17.8 Å². The van der Waals surface area contributed by atoms with Crippen molar-refractivity contribution in [2.24, 2.45) is 5.92 Å². The SMILES string of the molecule is CC[C@@H](C)[C@H](NC(=O)OC(C)(C)C)C(=O)C(=O)OC. The van der Waals surface area contributed by atoms with Gasteiger partial charge < -0.3 is 14.8 Å². The highest BCUT2D eigenvalue weighted by atomic mass is 16.6. The van der Waals surface area contributed by atoms with E-state index in [0.717, 1.165) is 7.11 Å². The fraction of sp³-hybridized carbons (Fsp3) is 0.769. The van der Waals surface area contributed by atoms with Crippen molar-refractivity contribution in [2.75, 3.05) is 7.11 Å². The number of ether oxygens (including phenoxy) is 2. The Balaban J connectivity index is 4.84. The Morgan fingerprint density at radius 1 is 1.21 bits per heavy atom. The molecule has 110 valence electrons. The Morgan fingerprint density at radius 3 is 2.11 bits per heavy atom. The number of Topliss-reactive ketones (excluding diaryl/α,β-unsaturated/α-hetero) is 1. The van der Waals surface area contributed by atoms with Gasteiger partial charge in [-0.1, -0.05) is 20.3 Å². The lowest BCUT2D eigenvalue weighted by Crippen LogP contribution is -2.49. The van der Waals surface area contributed by atoms with Crippen LogP contribution in [0.15, 0.2) is 0 Å². The summed E-state index contributed by atoms with van der Waals surface area (Å²) in [4.78, 5) is 34.8.